The van der Waals surface area contributed by atoms with Crippen LogP contribution < -0.4 is 0 Å². The maximum absolute atomic E-state index is 13.7. The highest BCUT2D eigenvalue weighted by Gasteiger charge is 2.20. The summed E-state index contributed by atoms with van der Waals surface area (Å²) in [5, 5.41) is 5.57. The molecule has 1 aromatic heterocycles. The number of halogens is 1. The van der Waals surface area contributed by atoms with Crippen molar-refractivity contribution in [3.63, 3.8) is 0 Å². The molecule has 1 saturated heterocycles. The molecule has 2 aromatic rings. The van der Waals surface area contributed by atoms with Crippen LogP contribution in [-0.2, 0) is 14.3 Å². The zero-order chi connectivity index (χ0) is 16.4. The molecule has 2 heterocycles. The van der Waals surface area contributed by atoms with E-state index in [1.165, 1.54) is 6.08 Å². The van der Waals surface area contributed by atoms with Crippen molar-refractivity contribution in [3.05, 3.63) is 35.3 Å². The van der Waals surface area contributed by atoms with Gasteiger partial charge in [-0.15, -0.1) is 0 Å². The van der Waals surface area contributed by atoms with Gasteiger partial charge in [-0.1, -0.05) is 12.1 Å². The summed E-state index contributed by atoms with van der Waals surface area (Å²) >= 11 is 0. The van der Waals surface area contributed by atoms with Crippen molar-refractivity contribution in [2.45, 2.75) is 32.4 Å². The highest BCUT2D eigenvalue weighted by molar-refractivity contribution is 5.92. The number of rotatable bonds is 3. The maximum atomic E-state index is 13.7. The molecule has 5 nitrogen and oxygen atoms in total. The summed E-state index contributed by atoms with van der Waals surface area (Å²) < 4.78 is 25.7. The van der Waals surface area contributed by atoms with Gasteiger partial charge in [0.25, 0.3) is 0 Å². The Morgan fingerprint density at radius 3 is 3.00 bits per heavy atom. The van der Waals surface area contributed by atoms with Gasteiger partial charge in [0.15, 0.2) is 6.23 Å². The van der Waals surface area contributed by atoms with Crippen molar-refractivity contribution in [3.8, 4) is 0 Å². The van der Waals surface area contributed by atoms with Crippen molar-refractivity contribution in [1.82, 2.24) is 9.78 Å². The van der Waals surface area contributed by atoms with Crippen LogP contribution in [0.5, 0.6) is 0 Å². The van der Waals surface area contributed by atoms with E-state index in [0.29, 0.717) is 5.56 Å². The molecular weight excluding hydrogens is 299 g/mol. The van der Waals surface area contributed by atoms with E-state index < -0.39 is 11.8 Å². The topological polar surface area (TPSA) is 53.3 Å². The van der Waals surface area contributed by atoms with E-state index in [-0.39, 0.29) is 6.23 Å². The molecule has 0 radical (unpaired) electrons. The molecule has 0 amide bonds. The second kappa shape index (κ2) is 6.50. The van der Waals surface area contributed by atoms with Crippen LogP contribution in [0.2, 0.25) is 0 Å². The summed E-state index contributed by atoms with van der Waals surface area (Å²) in [4.78, 5) is 11.2. The minimum absolute atomic E-state index is 0.0929. The second-order valence-corrected chi connectivity index (χ2v) is 5.61. The van der Waals surface area contributed by atoms with Crippen LogP contribution >= 0.6 is 0 Å². The largest absolute Gasteiger partial charge is 0.464 e. The van der Waals surface area contributed by atoms with Gasteiger partial charge in [0.2, 0.25) is 5.83 Å². The fourth-order valence-electron chi connectivity index (χ4n) is 2.84. The molecule has 1 unspecified atom stereocenters. The van der Waals surface area contributed by atoms with Gasteiger partial charge in [0.1, 0.15) is 0 Å². The number of hydrogen-bond donors (Lipinski definition) is 0. The lowest BCUT2D eigenvalue weighted by molar-refractivity contribution is -0.137. The Morgan fingerprint density at radius 1 is 1.48 bits per heavy atom. The number of ether oxygens (including phenoxy) is 2. The van der Waals surface area contributed by atoms with E-state index in [1.54, 1.807) is 6.07 Å². The van der Waals surface area contributed by atoms with Crippen LogP contribution in [0.3, 0.4) is 0 Å². The number of nitrogens with zero attached hydrogens (tertiary/aromatic N) is 2. The molecule has 0 spiro atoms. The van der Waals surface area contributed by atoms with E-state index in [4.69, 9.17) is 4.74 Å². The van der Waals surface area contributed by atoms with E-state index in [2.05, 4.69) is 9.84 Å². The number of aryl methyl sites for hydroxylation is 1. The standard InChI is InChI=1S/C17H19FN2O3/c1-11-13-7-6-12(9-14(18)17(21)22-2)10-15(13)20(19-11)16-5-3-4-8-23-16/h6-7,9-10,16H,3-5,8H2,1-2H3/b14-9-. The first-order valence-electron chi connectivity index (χ1n) is 7.66. The van der Waals surface area contributed by atoms with Crippen molar-refractivity contribution in [1.29, 1.82) is 0 Å². The van der Waals surface area contributed by atoms with Gasteiger partial charge in [-0.25, -0.2) is 9.48 Å². The summed E-state index contributed by atoms with van der Waals surface area (Å²) in [5.74, 6) is -1.91. The molecule has 1 fully saturated rings. The van der Waals surface area contributed by atoms with Crippen molar-refractivity contribution in [2.75, 3.05) is 13.7 Å². The predicted octanol–water partition coefficient (Wildman–Crippen LogP) is 3.53. The van der Waals surface area contributed by atoms with E-state index in [1.807, 2.05) is 23.7 Å². The third-order valence-corrected chi connectivity index (χ3v) is 4.02. The van der Waals surface area contributed by atoms with E-state index >= 15 is 0 Å². The number of benzene rings is 1. The molecule has 0 aliphatic carbocycles. The number of hydrogen-bond acceptors (Lipinski definition) is 4. The van der Waals surface area contributed by atoms with Crippen LogP contribution in [-0.4, -0.2) is 29.5 Å². The quantitative estimate of drug-likeness (QED) is 0.642. The SMILES string of the molecule is COC(=O)/C(F)=C/c1ccc2c(C)nn(C3CCCCO3)c2c1. The molecular formula is C17H19FN2O3. The Kier molecular flexibility index (Phi) is 4.43. The van der Waals surface area contributed by atoms with Gasteiger partial charge in [-0.3, -0.25) is 0 Å². The molecule has 1 aromatic carbocycles. The molecule has 1 atom stereocenters. The van der Waals surface area contributed by atoms with Crippen LogP contribution in [0.4, 0.5) is 4.39 Å². The predicted molar refractivity (Wildman–Crippen MR) is 84.4 cm³/mol. The van der Waals surface area contributed by atoms with Crippen LogP contribution in [0.15, 0.2) is 24.0 Å². The highest BCUT2D eigenvalue weighted by atomic mass is 19.1. The molecule has 0 saturated carbocycles. The van der Waals surface area contributed by atoms with Gasteiger partial charge in [-0.05, 0) is 43.9 Å². The summed E-state index contributed by atoms with van der Waals surface area (Å²) in [6, 6.07) is 5.45. The molecule has 3 rings (SSSR count). The Labute approximate surface area is 133 Å². The summed E-state index contributed by atoms with van der Waals surface area (Å²) in [7, 11) is 1.15. The van der Waals surface area contributed by atoms with Gasteiger partial charge < -0.3 is 9.47 Å². The average molecular weight is 318 g/mol. The van der Waals surface area contributed by atoms with E-state index in [0.717, 1.165) is 49.6 Å². The second-order valence-electron chi connectivity index (χ2n) is 5.61. The lowest BCUT2D eigenvalue weighted by Gasteiger charge is -2.23. The van der Waals surface area contributed by atoms with Gasteiger partial charge in [0.05, 0.1) is 18.3 Å². The van der Waals surface area contributed by atoms with Crippen LogP contribution in [0.25, 0.3) is 17.0 Å². The zero-order valence-corrected chi connectivity index (χ0v) is 13.2. The molecule has 0 N–H and O–H groups in total. The number of fused-ring (bicyclic) bond motifs is 1. The van der Waals surface area contributed by atoms with Gasteiger partial charge >= 0.3 is 5.97 Å². The molecule has 0 bridgehead atoms. The molecule has 6 heteroatoms. The van der Waals surface area contributed by atoms with Crippen molar-refractivity contribution < 1.29 is 18.7 Å². The number of aromatic nitrogens is 2. The van der Waals surface area contributed by atoms with E-state index in [9.17, 15) is 9.18 Å². The molecule has 23 heavy (non-hydrogen) atoms. The third kappa shape index (κ3) is 3.12. The third-order valence-electron chi connectivity index (χ3n) is 4.02. The Bertz CT molecular complexity index is 761. The zero-order valence-electron chi connectivity index (χ0n) is 13.2. The summed E-state index contributed by atoms with van der Waals surface area (Å²) in [6.45, 7) is 2.66. The molecule has 122 valence electrons. The van der Waals surface area contributed by atoms with Crippen molar-refractivity contribution >= 4 is 22.9 Å². The number of carbonyl (C=O) groups is 1. The maximum Gasteiger partial charge on any atom is 0.366 e. The highest BCUT2D eigenvalue weighted by Crippen LogP contribution is 2.29. The fourth-order valence-corrected chi connectivity index (χ4v) is 2.84. The minimum Gasteiger partial charge on any atom is -0.464 e. The smallest absolute Gasteiger partial charge is 0.366 e. The lowest BCUT2D eigenvalue weighted by Crippen LogP contribution is -2.19. The Hall–Kier alpha value is -2.21. The van der Waals surface area contributed by atoms with Gasteiger partial charge in [0, 0.05) is 12.0 Å². The Balaban J connectivity index is 2.02. The van der Waals surface area contributed by atoms with Crippen LogP contribution in [0.1, 0.15) is 36.7 Å². The van der Waals surface area contributed by atoms with Gasteiger partial charge in [-0.2, -0.15) is 9.49 Å². The minimum atomic E-state index is -0.981. The van der Waals surface area contributed by atoms with Crippen LogP contribution in [0, 0.1) is 6.92 Å². The Morgan fingerprint density at radius 2 is 2.30 bits per heavy atom. The lowest BCUT2D eigenvalue weighted by atomic mass is 10.1. The molecule has 1 aliphatic rings. The first-order chi connectivity index (χ1) is 11.1. The van der Waals surface area contributed by atoms with Crippen molar-refractivity contribution in [2.24, 2.45) is 0 Å². The fraction of sp³-hybridized carbons (Fsp3) is 0.412. The number of methoxy groups -OCH3 is 1. The summed E-state index contributed by atoms with van der Waals surface area (Å²) in [6.07, 6.45) is 4.14. The monoisotopic (exact) mass is 318 g/mol. The normalized spacial score (nSPS) is 19.1. The number of esters is 1. The molecule has 1 aliphatic heterocycles. The summed E-state index contributed by atoms with van der Waals surface area (Å²) in [5.41, 5.74) is 2.36. The first-order valence-corrected chi connectivity index (χ1v) is 7.66. The number of carbonyl (C=O) groups excluding carboxylic acids is 1. The average Bonchev–Trinajstić information content (AvgIpc) is 2.91. The first kappa shape index (κ1) is 15.7.